The standard InChI is InChI=1S/C24H26N6OS/c1-31-21-11-9-19(10-12-21)23(24-25-26-27-30(24)18-22-8-5-17-32-22)29-15-13-28(14-16-29)20-6-3-2-4-7-20/h2-12,17,23H,13-16,18H2,1H3/t23-/m1/s1. The number of para-hydroxylation sites is 1. The zero-order valence-electron chi connectivity index (χ0n) is 18.0. The molecule has 0 radical (unpaired) electrons. The molecule has 0 N–H and O–H groups in total. The van der Waals surface area contributed by atoms with Crippen molar-refractivity contribution in [2.45, 2.75) is 12.6 Å². The van der Waals surface area contributed by atoms with Crippen LogP contribution in [-0.4, -0.2) is 58.4 Å². The van der Waals surface area contributed by atoms with Crippen LogP contribution in [0.25, 0.3) is 0 Å². The molecule has 3 heterocycles. The van der Waals surface area contributed by atoms with Gasteiger partial charge >= 0.3 is 0 Å². The molecule has 0 aliphatic carbocycles. The molecule has 0 spiro atoms. The molecule has 4 aromatic rings. The van der Waals surface area contributed by atoms with Crippen molar-refractivity contribution in [2.24, 2.45) is 0 Å². The van der Waals surface area contributed by atoms with Crippen molar-refractivity contribution in [3.05, 3.63) is 88.4 Å². The normalized spacial score (nSPS) is 15.6. The maximum absolute atomic E-state index is 5.38. The second-order valence-electron chi connectivity index (χ2n) is 7.81. The summed E-state index contributed by atoms with van der Waals surface area (Å²) in [5.41, 5.74) is 2.44. The van der Waals surface area contributed by atoms with E-state index in [0.717, 1.165) is 37.8 Å². The number of hydrogen-bond acceptors (Lipinski definition) is 7. The number of piperazine rings is 1. The van der Waals surface area contributed by atoms with Gasteiger partial charge in [-0.3, -0.25) is 4.90 Å². The molecule has 1 aliphatic rings. The Morgan fingerprint density at radius 1 is 0.938 bits per heavy atom. The van der Waals surface area contributed by atoms with Crippen molar-refractivity contribution in [2.75, 3.05) is 38.2 Å². The van der Waals surface area contributed by atoms with E-state index in [1.165, 1.54) is 16.1 Å². The minimum absolute atomic E-state index is 0.0196. The molecule has 2 aromatic carbocycles. The molecule has 1 fully saturated rings. The van der Waals surface area contributed by atoms with E-state index in [2.05, 4.69) is 85.3 Å². The average molecular weight is 447 g/mol. The van der Waals surface area contributed by atoms with Crippen LogP contribution in [0.15, 0.2) is 72.1 Å². The van der Waals surface area contributed by atoms with Gasteiger partial charge in [-0.05, 0) is 51.7 Å². The van der Waals surface area contributed by atoms with E-state index >= 15 is 0 Å². The third-order valence-electron chi connectivity index (χ3n) is 5.92. The molecule has 0 bridgehead atoms. The van der Waals surface area contributed by atoms with Gasteiger partial charge in [-0.1, -0.05) is 36.4 Å². The molecule has 32 heavy (non-hydrogen) atoms. The summed E-state index contributed by atoms with van der Waals surface area (Å²) in [5.74, 6) is 1.72. The number of hydrogen-bond donors (Lipinski definition) is 0. The highest BCUT2D eigenvalue weighted by Crippen LogP contribution is 2.30. The van der Waals surface area contributed by atoms with Gasteiger partial charge in [-0.25, -0.2) is 4.68 Å². The van der Waals surface area contributed by atoms with Gasteiger partial charge < -0.3 is 9.64 Å². The highest BCUT2D eigenvalue weighted by atomic mass is 32.1. The smallest absolute Gasteiger partial charge is 0.173 e. The SMILES string of the molecule is COc1ccc([C@H](c2nnnn2Cc2cccs2)N2CCN(c3ccccc3)CC2)cc1. The fraction of sp³-hybridized carbons (Fsp3) is 0.292. The first-order chi connectivity index (χ1) is 15.8. The largest absolute Gasteiger partial charge is 0.497 e. The van der Waals surface area contributed by atoms with Gasteiger partial charge in [-0.15, -0.1) is 16.4 Å². The van der Waals surface area contributed by atoms with E-state index in [1.807, 2.05) is 16.8 Å². The van der Waals surface area contributed by atoms with E-state index in [-0.39, 0.29) is 6.04 Å². The van der Waals surface area contributed by atoms with Crippen LogP contribution in [0.4, 0.5) is 5.69 Å². The van der Waals surface area contributed by atoms with Crippen LogP contribution in [0.5, 0.6) is 5.75 Å². The van der Waals surface area contributed by atoms with Gasteiger partial charge in [0, 0.05) is 36.7 Å². The molecule has 0 saturated carbocycles. The van der Waals surface area contributed by atoms with Crippen molar-refractivity contribution in [1.29, 1.82) is 0 Å². The maximum atomic E-state index is 5.38. The number of ether oxygens (including phenoxy) is 1. The summed E-state index contributed by atoms with van der Waals surface area (Å²) in [4.78, 5) is 6.16. The van der Waals surface area contributed by atoms with Gasteiger partial charge in [0.15, 0.2) is 5.82 Å². The second kappa shape index (κ2) is 9.50. The molecule has 5 rings (SSSR count). The minimum atomic E-state index is -0.0196. The summed E-state index contributed by atoms with van der Waals surface area (Å²) in [6.45, 7) is 4.46. The molecule has 8 heteroatoms. The maximum Gasteiger partial charge on any atom is 0.173 e. The highest BCUT2D eigenvalue weighted by molar-refractivity contribution is 7.09. The average Bonchev–Trinajstić information content (AvgIpc) is 3.54. The molecule has 164 valence electrons. The lowest BCUT2D eigenvalue weighted by molar-refractivity contribution is 0.201. The Morgan fingerprint density at radius 2 is 1.72 bits per heavy atom. The summed E-state index contributed by atoms with van der Waals surface area (Å²) >= 11 is 1.72. The number of nitrogens with zero attached hydrogens (tertiary/aromatic N) is 6. The Bertz CT molecular complexity index is 1110. The number of rotatable bonds is 7. The zero-order valence-corrected chi connectivity index (χ0v) is 18.9. The van der Waals surface area contributed by atoms with Crippen LogP contribution in [0.3, 0.4) is 0 Å². The van der Waals surface area contributed by atoms with E-state index in [4.69, 9.17) is 4.74 Å². The van der Waals surface area contributed by atoms with Gasteiger partial charge in [0.05, 0.1) is 19.7 Å². The van der Waals surface area contributed by atoms with Crippen LogP contribution in [0.1, 0.15) is 22.3 Å². The van der Waals surface area contributed by atoms with E-state index in [9.17, 15) is 0 Å². The zero-order chi connectivity index (χ0) is 21.8. The number of methoxy groups -OCH3 is 1. The van der Waals surface area contributed by atoms with Gasteiger partial charge in [0.2, 0.25) is 0 Å². The van der Waals surface area contributed by atoms with E-state index in [0.29, 0.717) is 6.54 Å². The number of anilines is 1. The third-order valence-corrected chi connectivity index (χ3v) is 6.78. The fourth-order valence-corrected chi connectivity index (χ4v) is 4.94. The van der Waals surface area contributed by atoms with Crippen molar-refractivity contribution in [3.63, 3.8) is 0 Å². The molecule has 1 atom stereocenters. The van der Waals surface area contributed by atoms with Gasteiger partial charge in [0.1, 0.15) is 5.75 Å². The summed E-state index contributed by atoms with van der Waals surface area (Å²) in [7, 11) is 1.69. The quantitative estimate of drug-likeness (QED) is 0.431. The Balaban J connectivity index is 1.43. The first-order valence-corrected chi connectivity index (χ1v) is 11.7. The highest BCUT2D eigenvalue weighted by Gasteiger charge is 2.30. The van der Waals surface area contributed by atoms with Crippen LogP contribution < -0.4 is 9.64 Å². The molecule has 2 aromatic heterocycles. The summed E-state index contributed by atoms with van der Waals surface area (Å²) in [6, 6.07) is 23.0. The van der Waals surface area contributed by atoms with Crippen LogP contribution in [0, 0.1) is 0 Å². The van der Waals surface area contributed by atoms with Gasteiger partial charge in [-0.2, -0.15) is 0 Å². The summed E-state index contributed by atoms with van der Waals surface area (Å²) in [6.07, 6.45) is 0. The first-order valence-electron chi connectivity index (χ1n) is 10.8. The third kappa shape index (κ3) is 4.37. The number of benzene rings is 2. The van der Waals surface area contributed by atoms with Crippen molar-refractivity contribution in [3.8, 4) is 5.75 Å². The van der Waals surface area contributed by atoms with E-state index < -0.39 is 0 Å². The van der Waals surface area contributed by atoms with E-state index in [1.54, 1.807) is 18.4 Å². The number of aromatic nitrogens is 4. The topological polar surface area (TPSA) is 59.3 Å². The van der Waals surface area contributed by atoms with Crippen molar-refractivity contribution >= 4 is 17.0 Å². The lowest BCUT2D eigenvalue weighted by Crippen LogP contribution is -2.48. The summed E-state index contributed by atoms with van der Waals surface area (Å²) < 4.78 is 7.31. The lowest BCUT2D eigenvalue weighted by atomic mass is 10.0. The van der Waals surface area contributed by atoms with Crippen LogP contribution in [0.2, 0.25) is 0 Å². The number of thiophene rings is 1. The molecule has 0 amide bonds. The Morgan fingerprint density at radius 3 is 2.41 bits per heavy atom. The monoisotopic (exact) mass is 446 g/mol. The molecule has 7 nitrogen and oxygen atoms in total. The van der Waals surface area contributed by atoms with Crippen molar-refractivity contribution < 1.29 is 4.74 Å². The molecule has 1 aliphatic heterocycles. The first kappa shape index (κ1) is 20.7. The second-order valence-corrected chi connectivity index (χ2v) is 8.84. The van der Waals surface area contributed by atoms with Crippen LogP contribution >= 0.6 is 11.3 Å². The Labute approximate surface area is 191 Å². The Hall–Kier alpha value is -3.23. The Kier molecular flexibility index (Phi) is 6.13. The minimum Gasteiger partial charge on any atom is -0.497 e. The molecular formula is C24H26N6OS. The fourth-order valence-electron chi connectivity index (χ4n) is 4.26. The lowest BCUT2D eigenvalue weighted by Gasteiger charge is -2.40. The predicted molar refractivity (Wildman–Crippen MR) is 126 cm³/mol. The number of tetrazole rings is 1. The molecule has 1 saturated heterocycles. The summed E-state index contributed by atoms with van der Waals surface area (Å²) in [5, 5.41) is 14.9. The predicted octanol–water partition coefficient (Wildman–Crippen LogP) is 3.70. The van der Waals surface area contributed by atoms with Gasteiger partial charge in [0.25, 0.3) is 0 Å². The van der Waals surface area contributed by atoms with Crippen LogP contribution in [-0.2, 0) is 6.54 Å². The van der Waals surface area contributed by atoms with Crippen molar-refractivity contribution in [1.82, 2.24) is 25.1 Å². The molecular weight excluding hydrogens is 420 g/mol. The molecule has 0 unspecified atom stereocenters.